The van der Waals surface area contributed by atoms with E-state index in [4.69, 9.17) is 17.3 Å². The molecule has 90 valence electrons. The van der Waals surface area contributed by atoms with Crippen molar-refractivity contribution in [2.75, 3.05) is 13.1 Å². The van der Waals surface area contributed by atoms with Crippen LogP contribution in [0.5, 0.6) is 0 Å². The number of nitrogens with two attached hydrogens (primary N) is 1. The molecule has 0 spiro atoms. The molecule has 0 aromatic heterocycles. The maximum atomic E-state index is 13.2. The van der Waals surface area contributed by atoms with E-state index in [1.54, 1.807) is 6.07 Å². The van der Waals surface area contributed by atoms with E-state index < -0.39 is 0 Å². The number of halogens is 2. The highest BCUT2D eigenvalue weighted by atomic mass is 35.5. The summed E-state index contributed by atoms with van der Waals surface area (Å²) in [5.74, 6) is 0.199. The molecule has 4 heteroatoms. The van der Waals surface area contributed by atoms with Gasteiger partial charge in [-0.15, -0.1) is 0 Å². The lowest BCUT2D eigenvalue weighted by molar-refractivity contribution is 0.477. The third-order valence-electron chi connectivity index (χ3n) is 2.30. The molecule has 0 aliphatic heterocycles. The average molecular weight is 245 g/mol. The van der Waals surface area contributed by atoms with E-state index in [0.717, 1.165) is 12.1 Å². The van der Waals surface area contributed by atoms with Gasteiger partial charge < -0.3 is 11.1 Å². The molecule has 1 unspecified atom stereocenters. The fraction of sp³-hybridized carbons (Fsp3) is 0.500. The lowest BCUT2D eigenvalue weighted by Gasteiger charge is -2.19. The molecule has 3 N–H and O–H groups in total. The summed E-state index contributed by atoms with van der Waals surface area (Å²) in [7, 11) is 0. The maximum Gasteiger partial charge on any atom is 0.125 e. The smallest absolute Gasteiger partial charge is 0.125 e. The largest absolute Gasteiger partial charge is 0.329 e. The van der Waals surface area contributed by atoms with Gasteiger partial charge in [-0.3, -0.25) is 0 Å². The minimum Gasteiger partial charge on any atom is -0.329 e. The fourth-order valence-electron chi connectivity index (χ4n) is 1.49. The zero-order valence-corrected chi connectivity index (χ0v) is 10.4. The van der Waals surface area contributed by atoms with Gasteiger partial charge >= 0.3 is 0 Å². The molecule has 16 heavy (non-hydrogen) atoms. The average Bonchev–Trinajstić information content (AvgIpc) is 2.16. The monoisotopic (exact) mass is 244 g/mol. The molecule has 2 nitrogen and oxygen atoms in total. The zero-order chi connectivity index (χ0) is 12.1. The van der Waals surface area contributed by atoms with Crippen LogP contribution in [0.2, 0.25) is 5.02 Å². The van der Waals surface area contributed by atoms with Crippen LogP contribution in [-0.2, 0) is 0 Å². The first kappa shape index (κ1) is 13.4. The van der Waals surface area contributed by atoms with Gasteiger partial charge in [0.25, 0.3) is 0 Å². The summed E-state index contributed by atoms with van der Waals surface area (Å²) in [6.45, 7) is 5.49. The van der Waals surface area contributed by atoms with Gasteiger partial charge in [-0.2, -0.15) is 0 Å². The molecule has 0 saturated carbocycles. The molecule has 0 bridgehead atoms. The molecule has 0 heterocycles. The molecule has 1 rings (SSSR count). The van der Waals surface area contributed by atoms with Gasteiger partial charge in [0.15, 0.2) is 0 Å². The summed E-state index contributed by atoms with van der Waals surface area (Å²) in [6.07, 6.45) is 0. The Morgan fingerprint density at radius 3 is 2.56 bits per heavy atom. The highest BCUT2D eigenvalue weighted by molar-refractivity contribution is 6.30. The minimum atomic E-state index is -0.327. The molecule has 0 aliphatic rings. The molecule has 0 aliphatic carbocycles. The van der Waals surface area contributed by atoms with Crippen LogP contribution >= 0.6 is 11.6 Å². The van der Waals surface area contributed by atoms with Crippen LogP contribution in [0.25, 0.3) is 0 Å². The summed E-state index contributed by atoms with van der Waals surface area (Å²) in [4.78, 5) is 0. The molecule has 1 atom stereocenters. The summed E-state index contributed by atoms with van der Waals surface area (Å²) in [5.41, 5.74) is 6.46. The Balaban J connectivity index is 2.78. The van der Waals surface area contributed by atoms with Crippen molar-refractivity contribution in [2.45, 2.75) is 19.9 Å². The summed E-state index contributed by atoms with van der Waals surface area (Å²) >= 11 is 5.81. The number of rotatable bonds is 5. The SMILES string of the molecule is CC(C)CNC(CN)c1cc(F)cc(Cl)c1. The molecule has 1 aromatic rings. The lowest BCUT2D eigenvalue weighted by atomic mass is 10.1. The Labute approximate surface area is 101 Å². The van der Waals surface area contributed by atoms with E-state index in [-0.39, 0.29) is 11.9 Å². The normalized spacial score (nSPS) is 13.1. The first-order valence-electron chi connectivity index (χ1n) is 5.42. The molecule has 0 saturated heterocycles. The Hall–Kier alpha value is -0.640. The van der Waals surface area contributed by atoms with Gasteiger partial charge in [0.2, 0.25) is 0 Å². The predicted molar refractivity (Wildman–Crippen MR) is 66.0 cm³/mol. The Bertz CT molecular complexity index is 322. The van der Waals surface area contributed by atoms with Crippen molar-refractivity contribution in [1.29, 1.82) is 0 Å². The van der Waals surface area contributed by atoms with Crippen LogP contribution in [0.4, 0.5) is 4.39 Å². The predicted octanol–water partition coefficient (Wildman–Crippen LogP) is 2.72. The van der Waals surface area contributed by atoms with E-state index in [0.29, 0.717) is 17.5 Å². The molecular formula is C12H18ClFN2. The van der Waals surface area contributed by atoms with Crippen molar-refractivity contribution in [3.8, 4) is 0 Å². The maximum absolute atomic E-state index is 13.2. The Morgan fingerprint density at radius 1 is 1.38 bits per heavy atom. The van der Waals surface area contributed by atoms with Crippen molar-refractivity contribution in [2.24, 2.45) is 11.7 Å². The van der Waals surface area contributed by atoms with E-state index in [2.05, 4.69) is 19.2 Å². The molecule has 0 fully saturated rings. The number of hydrogen-bond acceptors (Lipinski definition) is 2. The third-order valence-corrected chi connectivity index (χ3v) is 2.51. The molecular weight excluding hydrogens is 227 g/mol. The quantitative estimate of drug-likeness (QED) is 0.836. The van der Waals surface area contributed by atoms with Crippen molar-refractivity contribution < 1.29 is 4.39 Å². The first-order valence-corrected chi connectivity index (χ1v) is 5.80. The summed E-state index contributed by atoms with van der Waals surface area (Å²) in [6, 6.07) is 4.46. The van der Waals surface area contributed by atoms with Gasteiger partial charge in [-0.05, 0) is 36.2 Å². The number of nitrogens with one attached hydrogen (secondary N) is 1. The summed E-state index contributed by atoms with van der Waals surface area (Å²) in [5, 5.41) is 3.69. The minimum absolute atomic E-state index is 0.0457. The fourth-order valence-corrected chi connectivity index (χ4v) is 1.72. The second-order valence-electron chi connectivity index (χ2n) is 4.29. The van der Waals surface area contributed by atoms with Crippen molar-refractivity contribution >= 4 is 11.6 Å². The van der Waals surface area contributed by atoms with Gasteiger partial charge in [-0.1, -0.05) is 25.4 Å². The van der Waals surface area contributed by atoms with Crippen molar-refractivity contribution in [3.05, 3.63) is 34.6 Å². The van der Waals surface area contributed by atoms with Crippen LogP contribution in [-0.4, -0.2) is 13.1 Å². The van der Waals surface area contributed by atoms with Gasteiger partial charge in [-0.25, -0.2) is 4.39 Å². The third kappa shape index (κ3) is 4.08. The van der Waals surface area contributed by atoms with E-state index in [1.807, 2.05) is 0 Å². The van der Waals surface area contributed by atoms with Crippen LogP contribution in [0, 0.1) is 11.7 Å². The van der Waals surface area contributed by atoms with E-state index in [1.165, 1.54) is 12.1 Å². The Kier molecular flexibility index (Phi) is 5.19. The van der Waals surface area contributed by atoms with E-state index >= 15 is 0 Å². The highest BCUT2D eigenvalue weighted by Gasteiger charge is 2.11. The number of benzene rings is 1. The van der Waals surface area contributed by atoms with Crippen LogP contribution < -0.4 is 11.1 Å². The zero-order valence-electron chi connectivity index (χ0n) is 9.63. The standard InChI is InChI=1S/C12H18ClFN2/c1-8(2)7-16-12(6-15)9-3-10(13)5-11(14)4-9/h3-5,8,12,16H,6-7,15H2,1-2H3. The van der Waals surface area contributed by atoms with Gasteiger partial charge in [0.05, 0.1) is 0 Å². The molecule has 1 aromatic carbocycles. The molecule has 0 radical (unpaired) electrons. The van der Waals surface area contributed by atoms with Crippen molar-refractivity contribution in [1.82, 2.24) is 5.32 Å². The second-order valence-corrected chi connectivity index (χ2v) is 4.73. The second kappa shape index (κ2) is 6.18. The lowest BCUT2D eigenvalue weighted by Crippen LogP contribution is -2.31. The Morgan fingerprint density at radius 2 is 2.06 bits per heavy atom. The van der Waals surface area contributed by atoms with Gasteiger partial charge in [0, 0.05) is 17.6 Å². The topological polar surface area (TPSA) is 38.0 Å². The summed E-state index contributed by atoms with van der Waals surface area (Å²) < 4.78 is 13.2. The highest BCUT2D eigenvalue weighted by Crippen LogP contribution is 2.19. The molecule has 0 amide bonds. The van der Waals surface area contributed by atoms with Crippen LogP contribution in [0.1, 0.15) is 25.5 Å². The van der Waals surface area contributed by atoms with Crippen LogP contribution in [0.15, 0.2) is 18.2 Å². The van der Waals surface area contributed by atoms with Crippen LogP contribution in [0.3, 0.4) is 0 Å². The van der Waals surface area contributed by atoms with E-state index in [9.17, 15) is 4.39 Å². The number of hydrogen-bond donors (Lipinski definition) is 2. The first-order chi connectivity index (χ1) is 7.52. The van der Waals surface area contributed by atoms with Gasteiger partial charge in [0.1, 0.15) is 5.82 Å². The van der Waals surface area contributed by atoms with Crippen molar-refractivity contribution in [3.63, 3.8) is 0 Å².